The fourth-order valence-electron chi connectivity index (χ4n) is 3.36. The third kappa shape index (κ3) is 4.51. The summed E-state index contributed by atoms with van der Waals surface area (Å²) in [7, 11) is 0. The smallest absolute Gasteiger partial charge is 0.260 e. The van der Waals surface area contributed by atoms with E-state index >= 15 is 0 Å². The van der Waals surface area contributed by atoms with E-state index in [-0.39, 0.29) is 12.5 Å². The summed E-state index contributed by atoms with van der Waals surface area (Å²) >= 11 is 1.64. The molecular weight excluding hydrogens is 370 g/mol. The van der Waals surface area contributed by atoms with Gasteiger partial charge in [0.2, 0.25) is 0 Å². The first kappa shape index (κ1) is 18.5. The Morgan fingerprint density at radius 1 is 1.00 bits per heavy atom. The molecule has 28 heavy (non-hydrogen) atoms. The van der Waals surface area contributed by atoms with E-state index in [0.717, 1.165) is 36.0 Å². The molecule has 144 valence electrons. The molecule has 1 fully saturated rings. The Labute approximate surface area is 169 Å². The molecule has 2 aromatic carbocycles. The van der Waals surface area contributed by atoms with Crippen LogP contribution in [0.5, 0.6) is 5.75 Å². The topological polar surface area (TPSA) is 45.7 Å². The number of amides is 1. The quantitative estimate of drug-likeness (QED) is 0.643. The summed E-state index contributed by atoms with van der Waals surface area (Å²) in [6.45, 7) is 3.09. The lowest BCUT2D eigenvalue weighted by molar-refractivity contribution is -0.133. The van der Waals surface area contributed by atoms with Gasteiger partial charge in [0.1, 0.15) is 5.75 Å². The summed E-state index contributed by atoms with van der Waals surface area (Å²) in [5, 5.41) is 3.01. The number of ether oxygens (including phenoxy) is 1. The van der Waals surface area contributed by atoms with E-state index in [0.29, 0.717) is 13.1 Å². The standard InChI is InChI=1S/C22H23N3O2S/c26-21(24-11-13-25(14-12-24)22-23-10-15-28-22)17-27-20-9-5-4-8-19(20)16-18-6-2-1-3-7-18/h1-10,15H,11-14,16-17H2. The predicted molar refractivity (Wildman–Crippen MR) is 112 cm³/mol. The summed E-state index contributed by atoms with van der Waals surface area (Å²) < 4.78 is 5.91. The van der Waals surface area contributed by atoms with Crippen molar-refractivity contribution in [3.05, 3.63) is 77.3 Å². The molecule has 0 unspecified atom stereocenters. The van der Waals surface area contributed by atoms with Crippen LogP contribution in [0.15, 0.2) is 66.2 Å². The van der Waals surface area contributed by atoms with Crippen LogP contribution in [0, 0.1) is 0 Å². The fraction of sp³-hybridized carbons (Fsp3) is 0.273. The van der Waals surface area contributed by atoms with E-state index in [1.807, 2.05) is 52.9 Å². The van der Waals surface area contributed by atoms with E-state index in [9.17, 15) is 4.79 Å². The van der Waals surface area contributed by atoms with Crippen molar-refractivity contribution in [1.29, 1.82) is 0 Å². The average Bonchev–Trinajstić information content (AvgIpc) is 3.29. The average molecular weight is 394 g/mol. The number of thiazole rings is 1. The van der Waals surface area contributed by atoms with Crippen molar-refractivity contribution in [3.8, 4) is 5.75 Å². The number of rotatable bonds is 6. The monoisotopic (exact) mass is 393 g/mol. The SMILES string of the molecule is O=C(COc1ccccc1Cc1ccccc1)N1CCN(c2nccs2)CC1. The Morgan fingerprint density at radius 2 is 1.75 bits per heavy atom. The molecule has 1 aromatic heterocycles. The molecule has 1 amide bonds. The van der Waals surface area contributed by atoms with Crippen LogP contribution in [0.2, 0.25) is 0 Å². The number of aromatic nitrogens is 1. The molecule has 2 heterocycles. The number of carbonyl (C=O) groups is 1. The van der Waals surface area contributed by atoms with Crippen molar-refractivity contribution in [1.82, 2.24) is 9.88 Å². The van der Waals surface area contributed by atoms with E-state index in [2.05, 4.69) is 28.1 Å². The number of hydrogen-bond acceptors (Lipinski definition) is 5. The second-order valence-corrected chi connectivity index (χ2v) is 7.61. The van der Waals surface area contributed by atoms with Gasteiger partial charge in [0.25, 0.3) is 5.91 Å². The Morgan fingerprint density at radius 3 is 2.50 bits per heavy atom. The van der Waals surface area contributed by atoms with Crippen LogP contribution in [0.25, 0.3) is 0 Å². The number of hydrogen-bond donors (Lipinski definition) is 0. The van der Waals surface area contributed by atoms with Gasteiger partial charge in [-0.2, -0.15) is 0 Å². The van der Waals surface area contributed by atoms with Gasteiger partial charge in [0.15, 0.2) is 11.7 Å². The maximum atomic E-state index is 12.6. The zero-order valence-electron chi connectivity index (χ0n) is 15.7. The van der Waals surface area contributed by atoms with Gasteiger partial charge >= 0.3 is 0 Å². The van der Waals surface area contributed by atoms with Crippen molar-refractivity contribution in [2.75, 3.05) is 37.7 Å². The lowest BCUT2D eigenvalue weighted by Gasteiger charge is -2.34. The minimum absolute atomic E-state index is 0.0355. The first-order valence-corrected chi connectivity index (χ1v) is 10.3. The molecule has 0 bridgehead atoms. The highest BCUT2D eigenvalue weighted by Crippen LogP contribution is 2.22. The molecule has 1 aliphatic rings. The number of para-hydroxylation sites is 1. The molecule has 0 atom stereocenters. The van der Waals surface area contributed by atoms with Gasteiger partial charge in [-0.1, -0.05) is 48.5 Å². The third-order valence-corrected chi connectivity index (χ3v) is 5.72. The molecule has 1 saturated heterocycles. The van der Waals surface area contributed by atoms with Crippen LogP contribution in [0.4, 0.5) is 5.13 Å². The first-order valence-electron chi connectivity index (χ1n) is 9.46. The predicted octanol–water partition coefficient (Wildman–Crippen LogP) is 3.46. The Bertz CT molecular complexity index is 891. The zero-order valence-corrected chi connectivity index (χ0v) is 16.5. The number of benzene rings is 2. The zero-order chi connectivity index (χ0) is 19.2. The summed E-state index contributed by atoms with van der Waals surface area (Å²) in [6.07, 6.45) is 2.61. The van der Waals surface area contributed by atoms with Gasteiger partial charge in [0, 0.05) is 44.2 Å². The highest BCUT2D eigenvalue weighted by Gasteiger charge is 2.22. The van der Waals surface area contributed by atoms with E-state index in [4.69, 9.17) is 4.74 Å². The van der Waals surface area contributed by atoms with Crippen molar-refractivity contribution < 1.29 is 9.53 Å². The number of carbonyl (C=O) groups excluding carboxylic acids is 1. The van der Waals surface area contributed by atoms with Crippen molar-refractivity contribution in [2.24, 2.45) is 0 Å². The van der Waals surface area contributed by atoms with Crippen LogP contribution in [-0.4, -0.2) is 48.6 Å². The minimum atomic E-state index is 0.0355. The van der Waals surface area contributed by atoms with Crippen LogP contribution >= 0.6 is 11.3 Å². The number of piperazine rings is 1. The molecule has 3 aromatic rings. The Hall–Kier alpha value is -2.86. The molecule has 0 N–H and O–H groups in total. The van der Waals surface area contributed by atoms with Gasteiger partial charge in [-0.3, -0.25) is 4.79 Å². The molecular formula is C22H23N3O2S. The largest absolute Gasteiger partial charge is 0.483 e. The second kappa shape index (κ2) is 8.89. The lowest BCUT2D eigenvalue weighted by atomic mass is 10.0. The lowest BCUT2D eigenvalue weighted by Crippen LogP contribution is -2.50. The van der Waals surface area contributed by atoms with Crippen molar-refractivity contribution in [2.45, 2.75) is 6.42 Å². The van der Waals surface area contributed by atoms with Gasteiger partial charge in [-0.25, -0.2) is 4.98 Å². The van der Waals surface area contributed by atoms with Gasteiger partial charge in [0.05, 0.1) is 0 Å². The molecule has 4 rings (SSSR count). The van der Waals surface area contributed by atoms with Crippen molar-refractivity contribution >= 4 is 22.4 Å². The van der Waals surface area contributed by atoms with Gasteiger partial charge < -0.3 is 14.5 Å². The van der Waals surface area contributed by atoms with Crippen LogP contribution in [0.3, 0.4) is 0 Å². The normalized spacial score (nSPS) is 14.1. The molecule has 0 aliphatic carbocycles. The van der Waals surface area contributed by atoms with E-state index in [1.165, 1.54) is 5.56 Å². The molecule has 1 aliphatic heterocycles. The highest BCUT2D eigenvalue weighted by molar-refractivity contribution is 7.13. The highest BCUT2D eigenvalue weighted by atomic mass is 32.1. The van der Waals surface area contributed by atoms with E-state index < -0.39 is 0 Å². The minimum Gasteiger partial charge on any atom is -0.483 e. The maximum Gasteiger partial charge on any atom is 0.260 e. The van der Waals surface area contributed by atoms with Crippen molar-refractivity contribution in [3.63, 3.8) is 0 Å². The summed E-state index contributed by atoms with van der Waals surface area (Å²) in [5.41, 5.74) is 2.32. The van der Waals surface area contributed by atoms with E-state index in [1.54, 1.807) is 11.3 Å². The first-order chi connectivity index (χ1) is 13.8. The molecule has 6 heteroatoms. The molecule has 0 radical (unpaired) electrons. The summed E-state index contributed by atoms with van der Waals surface area (Å²) in [6, 6.07) is 18.2. The third-order valence-electron chi connectivity index (χ3n) is 4.88. The van der Waals surface area contributed by atoms with Crippen LogP contribution in [0.1, 0.15) is 11.1 Å². The van der Waals surface area contributed by atoms with Gasteiger partial charge in [-0.05, 0) is 17.2 Å². The molecule has 0 spiro atoms. The van der Waals surface area contributed by atoms with Crippen LogP contribution < -0.4 is 9.64 Å². The Balaban J connectivity index is 1.32. The molecule has 5 nitrogen and oxygen atoms in total. The maximum absolute atomic E-state index is 12.6. The number of nitrogens with zero attached hydrogens (tertiary/aromatic N) is 3. The second-order valence-electron chi connectivity index (χ2n) is 6.74. The van der Waals surface area contributed by atoms with Gasteiger partial charge in [-0.15, -0.1) is 11.3 Å². The van der Waals surface area contributed by atoms with Crippen LogP contribution in [-0.2, 0) is 11.2 Å². The summed E-state index contributed by atoms with van der Waals surface area (Å²) in [5.74, 6) is 0.814. The summed E-state index contributed by atoms with van der Waals surface area (Å²) in [4.78, 5) is 21.1. The number of anilines is 1. The molecule has 0 saturated carbocycles. The fourth-order valence-corrected chi connectivity index (χ4v) is 4.05. The Kier molecular flexibility index (Phi) is 5.87.